The van der Waals surface area contributed by atoms with Crippen LogP contribution in [0.25, 0.3) is 0 Å². The van der Waals surface area contributed by atoms with Gasteiger partial charge in [0.15, 0.2) is 5.96 Å². The number of carboxylic acids is 1. The van der Waals surface area contributed by atoms with Gasteiger partial charge in [0.05, 0.1) is 45.9 Å². The lowest BCUT2D eigenvalue weighted by molar-refractivity contribution is -0.139. The number of aliphatic hydroxyl groups is 2. The molecule has 0 bridgehead atoms. The van der Waals surface area contributed by atoms with Crippen molar-refractivity contribution in [1.29, 1.82) is 0 Å². The summed E-state index contributed by atoms with van der Waals surface area (Å²) in [6.07, 6.45) is 7.79. The number of primary amides is 1. The molecule has 3 radical (unpaired) electrons. The van der Waals surface area contributed by atoms with Gasteiger partial charge in [0.1, 0.15) is 66.5 Å². The first-order valence-corrected chi connectivity index (χ1v) is 35.2. The van der Waals surface area contributed by atoms with E-state index < -0.39 is 194 Å². The first-order valence-electron chi connectivity index (χ1n) is 35.2. The first-order chi connectivity index (χ1) is 50.3. The number of carbonyl (C=O) groups excluding carboxylic acids is 14. The third kappa shape index (κ3) is 36.4. The molecule has 0 aromatic carbocycles. The predicted octanol–water partition coefficient (Wildman–Crippen LogP) is -6.26. The number of unbranched alkanes of at least 4 members (excludes halogenated alkanes) is 4. The Bertz CT molecular complexity index is 3190. The van der Waals surface area contributed by atoms with E-state index in [-0.39, 0.29) is 88.7 Å². The Labute approximate surface area is 614 Å². The molecule has 40 heteroatoms. The number of nitrogens with one attached hydrogen (secondary N) is 15. The van der Waals surface area contributed by atoms with E-state index in [0.29, 0.717) is 43.5 Å². The minimum atomic E-state index is -1.87. The largest absolute Gasteiger partial charge is 0.481 e. The van der Waals surface area contributed by atoms with Crippen LogP contribution in [0.2, 0.25) is 0 Å². The summed E-state index contributed by atoms with van der Waals surface area (Å²) in [5.74, 6) is -15.6. The second kappa shape index (κ2) is 50.1. The maximum Gasteiger partial charge on any atom is 0.303 e. The molecule has 0 spiro atoms. The molecule has 26 N–H and O–H groups in total. The third-order valence-corrected chi connectivity index (χ3v) is 16.0. The van der Waals surface area contributed by atoms with E-state index in [1.165, 1.54) is 31.5 Å². The summed E-state index contributed by atoms with van der Waals surface area (Å²) < 4.78 is 0. The number of carbonyl (C=O) groups is 15. The number of nitrogens with two attached hydrogens (primary N) is 4. The van der Waals surface area contributed by atoms with Crippen LogP contribution in [0.1, 0.15) is 156 Å². The van der Waals surface area contributed by atoms with Crippen molar-refractivity contribution in [2.75, 3.05) is 32.8 Å². The van der Waals surface area contributed by atoms with Crippen molar-refractivity contribution in [3.63, 3.8) is 0 Å². The van der Waals surface area contributed by atoms with Crippen molar-refractivity contribution in [3.05, 3.63) is 49.9 Å². The second-order valence-corrected chi connectivity index (χ2v) is 26.0. The number of rotatable bonds is 54. The molecule has 2 heterocycles. The number of aliphatic hydroxyl groups excluding tert-OH is 2. The van der Waals surface area contributed by atoms with Gasteiger partial charge in [0, 0.05) is 56.0 Å². The number of amides is 14. The molecule has 0 saturated carbocycles. The number of guanidine groups is 1. The predicted molar refractivity (Wildman–Crippen MR) is 381 cm³/mol. The van der Waals surface area contributed by atoms with E-state index in [4.69, 9.17) is 30.0 Å². The van der Waals surface area contributed by atoms with Crippen molar-refractivity contribution in [3.8, 4) is 0 Å². The van der Waals surface area contributed by atoms with Crippen molar-refractivity contribution in [1.82, 2.24) is 89.1 Å². The number of aromatic nitrogens is 4. The Hall–Kier alpha value is -10.4. The molecule has 2 aromatic rings. The zero-order valence-corrected chi connectivity index (χ0v) is 60.8. The number of carboxylic acid groups (broad SMARTS) is 1. The fourth-order valence-electron chi connectivity index (χ4n) is 10.4. The van der Waals surface area contributed by atoms with Gasteiger partial charge in [0.2, 0.25) is 82.7 Å². The quantitative estimate of drug-likeness (QED) is 0.0127. The van der Waals surface area contributed by atoms with Crippen molar-refractivity contribution in [2.24, 2.45) is 39.8 Å². The number of imidazole rings is 2. The zero-order valence-electron chi connectivity index (χ0n) is 60.8. The molecular formula is C66H109N22O18. The van der Waals surface area contributed by atoms with E-state index >= 15 is 0 Å². The average Bonchev–Trinajstić information content (AvgIpc) is 0.902. The highest BCUT2D eigenvalue weighted by atomic mass is 16.4. The highest BCUT2D eigenvalue weighted by Gasteiger charge is 2.37. The maximum atomic E-state index is 14.5. The van der Waals surface area contributed by atoms with Gasteiger partial charge >= 0.3 is 5.97 Å². The second-order valence-electron chi connectivity index (χ2n) is 26.0. The standard InChI is InChI=1S/C66H109N22O18/c1-8-10-12-19-52(92)79-46(26-38-29-72-34-76-38)61(102)86-48(28-51(68)91)63(104)83-44(24-36(3)4)56(97)75-31-53(93)78-41(17-13-14-22-67)57(98)85-47(27-39-30-73-35-77-39)62(103)84-45(25-37(5)6)60(101)87-50(33-90)65(106)88-49(32-89)64(105)81-42(16-11-9-2)58(99)82-43(20-21-54(94)95)59(100)80-40(55(96)71-7)18-15-23-74-66(69)70/h7,19,29-30,34-37,40-50,89-90H,8-18,20-28,31-33,67H2,1-6H3,(H2,68,91)(H,71,96)(H,72,76)(H,73,77)(H,75,97)(H,78,93)(H,79,92)(H,80,100)(H,81,105)(H,82,99)(H,83,104)(H,84,103)(H,85,98)(H,86,102)(H,87,101)(H,88,106)(H,94,95)(H4,69,70,74). The van der Waals surface area contributed by atoms with Gasteiger partial charge in [0.25, 0.3) is 0 Å². The fourth-order valence-corrected chi connectivity index (χ4v) is 10.4. The van der Waals surface area contributed by atoms with Gasteiger partial charge in [-0.1, -0.05) is 67.2 Å². The van der Waals surface area contributed by atoms with Crippen LogP contribution < -0.4 is 92.1 Å². The van der Waals surface area contributed by atoms with E-state index in [0.717, 1.165) is 6.42 Å². The van der Waals surface area contributed by atoms with E-state index in [2.05, 4.69) is 88.7 Å². The number of aliphatic imine (C=N–C) groups is 1. The minimum absolute atomic E-state index is 0.0230. The lowest BCUT2D eigenvalue weighted by atomic mass is 10.0. The summed E-state index contributed by atoms with van der Waals surface area (Å²) in [4.78, 5) is 220. The minimum Gasteiger partial charge on any atom is -0.481 e. The van der Waals surface area contributed by atoms with Gasteiger partial charge in [-0.3, -0.25) is 76.9 Å². The van der Waals surface area contributed by atoms with Gasteiger partial charge in [-0.15, -0.1) is 0 Å². The van der Waals surface area contributed by atoms with Crippen LogP contribution in [0.3, 0.4) is 0 Å². The van der Waals surface area contributed by atoms with Gasteiger partial charge in [-0.05, 0) is 82.6 Å². The van der Waals surface area contributed by atoms with Crippen LogP contribution in [0.5, 0.6) is 0 Å². The van der Waals surface area contributed by atoms with Crippen molar-refractivity contribution in [2.45, 2.75) is 224 Å². The molecule has 2 aromatic heterocycles. The van der Waals surface area contributed by atoms with E-state index in [9.17, 15) is 87.2 Å². The average molecular weight is 1500 g/mol. The van der Waals surface area contributed by atoms with Crippen molar-refractivity contribution >= 4 is 94.6 Å². The van der Waals surface area contributed by atoms with E-state index in [1.54, 1.807) is 34.6 Å². The highest BCUT2D eigenvalue weighted by molar-refractivity contribution is 6.00. The molecule has 2 rings (SSSR count). The first kappa shape index (κ1) is 91.7. The summed E-state index contributed by atoms with van der Waals surface area (Å²) in [6.45, 7) is 7.79. The fraction of sp³-hybridized carbons (Fsp3) is 0.636. The smallest absolute Gasteiger partial charge is 0.303 e. The summed E-state index contributed by atoms with van der Waals surface area (Å²) >= 11 is 0. The molecule has 40 nitrogen and oxygen atoms in total. The number of hydrogen-bond donors (Lipinski definition) is 22. The Morgan fingerprint density at radius 2 is 0.906 bits per heavy atom. The van der Waals surface area contributed by atoms with Crippen LogP contribution in [0, 0.1) is 25.3 Å². The topological polar surface area (TPSA) is 647 Å². The Morgan fingerprint density at radius 1 is 0.500 bits per heavy atom. The van der Waals surface area contributed by atoms with Gasteiger partial charge in [-0.2, -0.15) is 0 Å². The molecule has 591 valence electrons. The third-order valence-electron chi connectivity index (χ3n) is 16.0. The number of aliphatic carboxylic acids is 1. The Balaban J connectivity index is 2.35. The number of hydrogen-bond acceptors (Lipinski definition) is 21. The number of aromatic amines is 2. The molecule has 14 amide bonds. The van der Waals surface area contributed by atoms with Gasteiger partial charge in [-0.25, -0.2) is 9.97 Å². The Kier molecular flexibility index (Phi) is 43.4. The summed E-state index contributed by atoms with van der Waals surface area (Å²) in [6, 6.07) is -16.8. The molecule has 0 aliphatic carbocycles. The molecular weight excluding hydrogens is 1390 g/mol. The van der Waals surface area contributed by atoms with E-state index in [1.807, 2.05) is 12.2 Å². The van der Waals surface area contributed by atoms with Crippen LogP contribution in [0.4, 0.5) is 0 Å². The lowest BCUT2D eigenvalue weighted by Gasteiger charge is -2.28. The van der Waals surface area contributed by atoms with Gasteiger partial charge < -0.3 is 117 Å². The zero-order chi connectivity index (χ0) is 79.4. The molecule has 0 aliphatic rings. The molecule has 11 unspecified atom stereocenters. The SMILES string of the molecule is [CH]NC(=O)C(CCCN=C(N)N)NC(=O)C(CCC(=O)O)NC(=O)C(CCCC)NC(=O)C(CO)NC(=O)C(CO)NC(=O)C(CC(C)C)NC(=O)C(Cc1cnc[nH]1)NC(=O)C(CCCCN)NC(=O)CNC(=O)C(CC(C)C)NC(=O)C(CC(N)=O)NC(=O)C(Cc1cnc[nH]1)NC(=O)[CH]CCCC. The maximum absolute atomic E-state index is 14.5. The van der Waals surface area contributed by atoms with Crippen LogP contribution in [0.15, 0.2) is 30.0 Å². The molecule has 0 fully saturated rings. The monoisotopic (exact) mass is 1500 g/mol. The molecule has 106 heavy (non-hydrogen) atoms. The van der Waals surface area contributed by atoms with Crippen LogP contribution in [-0.4, -0.2) is 229 Å². The number of H-pyrrole nitrogens is 2. The molecule has 0 saturated heterocycles. The Morgan fingerprint density at radius 3 is 1.36 bits per heavy atom. The van der Waals surface area contributed by atoms with Crippen LogP contribution >= 0.6 is 0 Å². The summed E-state index contributed by atoms with van der Waals surface area (Å²) in [7, 11) is 5.33. The number of nitrogens with zero attached hydrogens (tertiary/aromatic N) is 3. The summed E-state index contributed by atoms with van der Waals surface area (Å²) in [5, 5.41) is 61.8. The highest BCUT2D eigenvalue weighted by Crippen LogP contribution is 2.13. The molecule has 0 aliphatic heterocycles. The lowest BCUT2D eigenvalue weighted by Crippen LogP contribution is -2.61. The van der Waals surface area contributed by atoms with Crippen molar-refractivity contribution < 1.29 is 87.2 Å². The normalized spacial score (nSPS) is 14.2. The molecule has 11 atom stereocenters. The summed E-state index contributed by atoms with van der Waals surface area (Å²) in [5.41, 5.74) is 22.8. The van der Waals surface area contributed by atoms with Crippen LogP contribution in [-0.2, 0) is 84.8 Å².